The van der Waals surface area contributed by atoms with Gasteiger partial charge in [0, 0.05) is 60.4 Å². The number of pyridine rings is 1. The standard InChI is InChI=1S/C21H26F2N4O/c1-14-10-15(22)12-27(14)21(28)13-26-8-5-16(6-9-26)25-20-3-2-19(23)18-11-24-7-4-17(18)20/h2-4,7,11,14-16,25H,5-6,8-10,12-13H2,1H3/t14-,15+/m1/s1. The van der Waals surface area contributed by atoms with Crippen molar-refractivity contribution in [2.45, 2.75) is 44.4 Å². The van der Waals surface area contributed by atoms with Crippen molar-refractivity contribution in [3.8, 4) is 0 Å². The number of anilines is 1. The summed E-state index contributed by atoms with van der Waals surface area (Å²) in [6, 6.07) is 5.33. The second-order valence-electron chi connectivity index (χ2n) is 7.94. The van der Waals surface area contributed by atoms with Gasteiger partial charge in [-0.1, -0.05) is 0 Å². The summed E-state index contributed by atoms with van der Waals surface area (Å²) >= 11 is 0. The third kappa shape index (κ3) is 3.94. The molecule has 3 heterocycles. The van der Waals surface area contributed by atoms with E-state index in [-0.39, 0.29) is 30.4 Å². The quantitative estimate of drug-likeness (QED) is 0.874. The summed E-state index contributed by atoms with van der Waals surface area (Å²) in [5.74, 6) is -0.246. The van der Waals surface area contributed by atoms with Crippen LogP contribution in [0.3, 0.4) is 0 Å². The minimum atomic E-state index is -0.894. The largest absolute Gasteiger partial charge is 0.382 e. The molecule has 0 radical (unpaired) electrons. The Labute approximate surface area is 163 Å². The van der Waals surface area contributed by atoms with Crippen molar-refractivity contribution >= 4 is 22.4 Å². The number of aromatic nitrogens is 1. The second kappa shape index (κ2) is 7.99. The minimum absolute atomic E-state index is 0.0112. The molecule has 5 nitrogen and oxygen atoms in total. The summed E-state index contributed by atoms with van der Waals surface area (Å²) in [6.07, 6.45) is 4.57. The lowest BCUT2D eigenvalue weighted by Gasteiger charge is -2.34. The fourth-order valence-electron chi connectivity index (χ4n) is 4.33. The molecule has 7 heteroatoms. The molecule has 2 fully saturated rings. The van der Waals surface area contributed by atoms with Crippen LogP contribution in [0.4, 0.5) is 14.5 Å². The van der Waals surface area contributed by atoms with Crippen LogP contribution in [0, 0.1) is 5.82 Å². The Bertz CT molecular complexity index is 853. The van der Waals surface area contributed by atoms with E-state index in [1.807, 2.05) is 13.0 Å². The number of amides is 1. The number of nitrogens with one attached hydrogen (secondary N) is 1. The van der Waals surface area contributed by atoms with Gasteiger partial charge < -0.3 is 10.2 Å². The first-order valence-corrected chi connectivity index (χ1v) is 9.96. The topological polar surface area (TPSA) is 48.5 Å². The van der Waals surface area contributed by atoms with Crippen LogP contribution in [0.1, 0.15) is 26.2 Å². The molecule has 0 bridgehead atoms. The summed E-state index contributed by atoms with van der Waals surface area (Å²) in [5.41, 5.74) is 0.910. The zero-order chi connectivity index (χ0) is 19.7. The van der Waals surface area contributed by atoms with Crippen molar-refractivity contribution in [1.82, 2.24) is 14.8 Å². The van der Waals surface area contributed by atoms with Crippen LogP contribution in [-0.4, -0.2) is 65.1 Å². The van der Waals surface area contributed by atoms with Crippen molar-refractivity contribution in [3.63, 3.8) is 0 Å². The molecular weight excluding hydrogens is 362 g/mol. The van der Waals surface area contributed by atoms with Crippen molar-refractivity contribution in [3.05, 3.63) is 36.4 Å². The molecule has 2 aliphatic rings. The van der Waals surface area contributed by atoms with Gasteiger partial charge in [-0.3, -0.25) is 14.7 Å². The fraction of sp³-hybridized carbons (Fsp3) is 0.524. The number of fused-ring (bicyclic) bond motifs is 1. The Morgan fingerprint density at radius 3 is 2.75 bits per heavy atom. The number of rotatable bonds is 4. The number of piperidine rings is 1. The van der Waals surface area contributed by atoms with Crippen LogP contribution in [0.5, 0.6) is 0 Å². The number of benzene rings is 1. The SMILES string of the molecule is C[C@@H]1C[C@H](F)CN1C(=O)CN1CCC(Nc2ccc(F)c3cnccc23)CC1. The molecule has 150 valence electrons. The first kappa shape index (κ1) is 19.1. The third-order valence-electron chi connectivity index (χ3n) is 5.92. The highest BCUT2D eigenvalue weighted by Gasteiger charge is 2.33. The van der Waals surface area contributed by atoms with E-state index in [9.17, 15) is 13.6 Å². The first-order valence-electron chi connectivity index (χ1n) is 9.96. The summed E-state index contributed by atoms with van der Waals surface area (Å²) in [7, 11) is 0. The third-order valence-corrected chi connectivity index (χ3v) is 5.92. The maximum Gasteiger partial charge on any atom is 0.237 e. The average molecular weight is 388 g/mol. The van der Waals surface area contributed by atoms with Gasteiger partial charge >= 0.3 is 0 Å². The zero-order valence-electron chi connectivity index (χ0n) is 16.1. The number of nitrogens with zero attached hydrogens (tertiary/aromatic N) is 3. The van der Waals surface area contributed by atoms with E-state index in [1.165, 1.54) is 6.07 Å². The van der Waals surface area contributed by atoms with Crippen LogP contribution in [0.2, 0.25) is 0 Å². The van der Waals surface area contributed by atoms with Crippen molar-refractivity contribution in [1.29, 1.82) is 0 Å². The highest BCUT2D eigenvalue weighted by molar-refractivity contribution is 5.93. The van der Waals surface area contributed by atoms with E-state index in [0.717, 1.165) is 37.0 Å². The summed E-state index contributed by atoms with van der Waals surface area (Å²) in [6.45, 7) is 4.12. The minimum Gasteiger partial charge on any atom is -0.382 e. The first-order chi connectivity index (χ1) is 13.5. The summed E-state index contributed by atoms with van der Waals surface area (Å²) in [5, 5.41) is 4.87. The van der Waals surface area contributed by atoms with Gasteiger partial charge in [0.2, 0.25) is 5.91 Å². The van der Waals surface area contributed by atoms with Gasteiger partial charge in [0.25, 0.3) is 0 Å². The Kier molecular flexibility index (Phi) is 5.44. The fourth-order valence-corrected chi connectivity index (χ4v) is 4.33. The zero-order valence-corrected chi connectivity index (χ0v) is 16.1. The molecular formula is C21H26F2N4O. The van der Waals surface area contributed by atoms with Gasteiger partial charge in [0.05, 0.1) is 13.1 Å². The highest BCUT2D eigenvalue weighted by atomic mass is 19.1. The van der Waals surface area contributed by atoms with Crippen molar-refractivity contribution < 1.29 is 13.6 Å². The van der Waals surface area contributed by atoms with Crippen molar-refractivity contribution in [2.75, 3.05) is 31.5 Å². The predicted molar refractivity (Wildman–Crippen MR) is 105 cm³/mol. The maximum absolute atomic E-state index is 14.0. The van der Waals surface area contributed by atoms with Gasteiger partial charge in [0.15, 0.2) is 0 Å². The van der Waals surface area contributed by atoms with E-state index >= 15 is 0 Å². The Hall–Kier alpha value is -2.28. The number of halogens is 2. The molecule has 28 heavy (non-hydrogen) atoms. The molecule has 2 atom stereocenters. The predicted octanol–water partition coefficient (Wildman–Crippen LogP) is 3.21. The molecule has 1 aromatic heterocycles. The number of hydrogen-bond donors (Lipinski definition) is 1. The van der Waals surface area contributed by atoms with Gasteiger partial charge in [-0.15, -0.1) is 0 Å². The van der Waals surface area contributed by atoms with Crippen LogP contribution in [0.25, 0.3) is 10.8 Å². The second-order valence-corrected chi connectivity index (χ2v) is 7.94. The lowest BCUT2D eigenvalue weighted by Crippen LogP contribution is -2.46. The van der Waals surface area contributed by atoms with Crippen LogP contribution in [-0.2, 0) is 4.79 Å². The Balaban J connectivity index is 1.33. The lowest BCUT2D eigenvalue weighted by atomic mass is 10.0. The molecule has 1 aromatic carbocycles. The van der Waals surface area contributed by atoms with Gasteiger partial charge in [0.1, 0.15) is 12.0 Å². The van der Waals surface area contributed by atoms with Crippen LogP contribution >= 0.6 is 0 Å². The normalized spacial score (nSPS) is 24.0. The molecule has 1 N–H and O–H groups in total. The van der Waals surface area contributed by atoms with E-state index in [2.05, 4.69) is 15.2 Å². The molecule has 0 saturated carbocycles. The van der Waals surface area contributed by atoms with Gasteiger partial charge in [-0.05, 0) is 38.0 Å². The number of hydrogen-bond acceptors (Lipinski definition) is 4. The summed E-state index contributed by atoms with van der Waals surface area (Å²) in [4.78, 5) is 20.3. The van der Waals surface area contributed by atoms with Crippen LogP contribution in [0.15, 0.2) is 30.6 Å². The van der Waals surface area contributed by atoms with Crippen molar-refractivity contribution in [2.24, 2.45) is 0 Å². The molecule has 0 spiro atoms. The Morgan fingerprint density at radius 2 is 2.04 bits per heavy atom. The van der Waals surface area contributed by atoms with Crippen LogP contribution < -0.4 is 5.32 Å². The molecule has 1 amide bonds. The molecule has 0 aliphatic carbocycles. The number of likely N-dealkylation sites (tertiary alicyclic amines) is 2. The molecule has 0 unspecified atom stereocenters. The van der Waals surface area contributed by atoms with E-state index < -0.39 is 6.17 Å². The molecule has 4 rings (SSSR count). The highest BCUT2D eigenvalue weighted by Crippen LogP contribution is 2.27. The average Bonchev–Trinajstić information content (AvgIpc) is 3.04. The lowest BCUT2D eigenvalue weighted by molar-refractivity contribution is -0.133. The van der Waals surface area contributed by atoms with Gasteiger partial charge in [-0.2, -0.15) is 0 Å². The smallest absolute Gasteiger partial charge is 0.237 e. The number of alkyl halides is 1. The van der Waals surface area contributed by atoms with E-state index in [0.29, 0.717) is 18.4 Å². The van der Waals surface area contributed by atoms with E-state index in [4.69, 9.17) is 0 Å². The molecule has 2 saturated heterocycles. The van der Waals surface area contributed by atoms with E-state index in [1.54, 1.807) is 23.4 Å². The summed E-state index contributed by atoms with van der Waals surface area (Å²) < 4.78 is 27.5. The molecule has 2 aliphatic heterocycles. The monoisotopic (exact) mass is 388 g/mol. The molecule has 2 aromatic rings. The van der Waals surface area contributed by atoms with Gasteiger partial charge in [-0.25, -0.2) is 8.78 Å². The number of carbonyl (C=O) groups excluding carboxylic acids is 1. The Morgan fingerprint density at radius 1 is 1.25 bits per heavy atom. The maximum atomic E-state index is 14.0. The number of carbonyl (C=O) groups is 1.